The van der Waals surface area contributed by atoms with Gasteiger partial charge < -0.3 is 4.90 Å². The van der Waals surface area contributed by atoms with Crippen LogP contribution in [0.25, 0.3) is 0 Å². The molecule has 1 heterocycles. The van der Waals surface area contributed by atoms with E-state index >= 15 is 0 Å². The van der Waals surface area contributed by atoms with Gasteiger partial charge in [-0.25, -0.2) is 0 Å². The first-order chi connectivity index (χ1) is 6.02. The van der Waals surface area contributed by atoms with Crippen LogP contribution in [0.15, 0.2) is 12.1 Å². The maximum absolute atomic E-state index is 11.2. The largest absolute Gasteiger partial charge is 0.300 e. The number of ketones is 1. The zero-order valence-electron chi connectivity index (χ0n) is 7.20. The number of carbonyl (C=O) groups excluding carboxylic acids is 2. The van der Waals surface area contributed by atoms with Crippen LogP contribution < -0.4 is 4.90 Å². The van der Waals surface area contributed by atoms with Crippen molar-refractivity contribution in [2.75, 3.05) is 11.9 Å². The number of hydrogen-bond donors (Lipinski definition) is 0. The summed E-state index contributed by atoms with van der Waals surface area (Å²) in [5, 5.41) is 0.671. The van der Waals surface area contributed by atoms with Gasteiger partial charge in [0.15, 0.2) is 0 Å². The molecule has 0 saturated carbocycles. The average molecular weight is 218 g/mol. The average Bonchev–Trinajstić information content (AvgIpc) is 2.49. The summed E-state index contributed by atoms with van der Waals surface area (Å²) in [5.74, 6) is -1.01. The normalized spacial score (nSPS) is 9.77. The number of nitrogens with zero attached hydrogens (tertiary/aromatic N) is 1. The third-order valence-corrected chi connectivity index (χ3v) is 2.80. The highest BCUT2D eigenvalue weighted by Gasteiger charge is 2.16. The van der Waals surface area contributed by atoms with Crippen LogP contribution in [0.1, 0.15) is 6.92 Å². The fourth-order valence-corrected chi connectivity index (χ4v) is 1.81. The van der Waals surface area contributed by atoms with Gasteiger partial charge in [-0.05, 0) is 12.1 Å². The minimum atomic E-state index is -0.529. The summed E-state index contributed by atoms with van der Waals surface area (Å²) in [6.45, 7) is 1.24. The molecule has 3 nitrogen and oxygen atoms in total. The summed E-state index contributed by atoms with van der Waals surface area (Å²) >= 11 is 6.94. The van der Waals surface area contributed by atoms with Gasteiger partial charge in [0.1, 0.15) is 0 Å². The third kappa shape index (κ3) is 2.29. The second-order valence-electron chi connectivity index (χ2n) is 2.50. The molecule has 1 aromatic heterocycles. The minimum absolute atomic E-state index is 0.480. The summed E-state index contributed by atoms with van der Waals surface area (Å²) in [7, 11) is 1.55. The quantitative estimate of drug-likeness (QED) is 0.711. The number of thiophene rings is 1. The van der Waals surface area contributed by atoms with Crippen molar-refractivity contribution in [1.82, 2.24) is 0 Å². The Morgan fingerprint density at radius 2 is 2.08 bits per heavy atom. The Morgan fingerprint density at radius 3 is 2.46 bits per heavy atom. The Hall–Kier alpha value is -0.870. The van der Waals surface area contributed by atoms with Crippen LogP contribution in [0.3, 0.4) is 0 Å². The number of halogens is 1. The van der Waals surface area contributed by atoms with Gasteiger partial charge in [0.05, 0.1) is 9.34 Å². The van der Waals surface area contributed by atoms with Crippen LogP contribution in [-0.2, 0) is 9.59 Å². The van der Waals surface area contributed by atoms with E-state index in [1.165, 1.54) is 23.2 Å². The van der Waals surface area contributed by atoms with E-state index < -0.39 is 11.7 Å². The fourth-order valence-electron chi connectivity index (χ4n) is 0.821. The SMILES string of the molecule is CC(=O)C(=O)N(C)c1ccc(Cl)s1. The highest BCUT2D eigenvalue weighted by molar-refractivity contribution is 7.20. The molecule has 0 spiro atoms. The lowest BCUT2D eigenvalue weighted by atomic mass is 10.4. The van der Waals surface area contributed by atoms with E-state index in [0.29, 0.717) is 9.34 Å². The van der Waals surface area contributed by atoms with E-state index in [1.54, 1.807) is 19.2 Å². The van der Waals surface area contributed by atoms with E-state index in [9.17, 15) is 9.59 Å². The van der Waals surface area contributed by atoms with Crippen LogP contribution in [0, 0.1) is 0 Å². The molecule has 0 aliphatic rings. The predicted molar refractivity (Wildman–Crippen MR) is 53.4 cm³/mol. The number of likely N-dealkylation sites (N-methyl/N-ethyl adjacent to an activating group) is 1. The highest BCUT2D eigenvalue weighted by Crippen LogP contribution is 2.28. The molecule has 70 valence electrons. The van der Waals surface area contributed by atoms with Crippen LogP contribution >= 0.6 is 22.9 Å². The number of amides is 1. The van der Waals surface area contributed by atoms with Gasteiger partial charge >= 0.3 is 0 Å². The molecule has 0 aromatic carbocycles. The van der Waals surface area contributed by atoms with Gasteiger partial charge in [-0.15, -0.1) is 11.3 Å². The second kappa shape index (κ2) is 3.89. The molecule has 1 aromatic rings. The van der Waals surface area contributed by atoms with Crippen molar-refractivity contribution in [2.24, 2.45) is 0 Å². The second-order valence-corrected chi connectivity index (χ2v) is 4.19. The van der Waals surface area contributed by atoms with Crippen molar-refractivity contribution >= 4 is 39.6 Å². The first kappa shape index (κ1) is 10.2. The monoisotopic (exact) mass is 217 g/mol. The molecular weight excluding hydrogens is 210 g/mol. The molecule has 5 heteroatoms. The molecule has 0 saturated heterocycles. The molecule has 0 unspecified atom stereocenters. The van der Waals surface area contributed by atoms with E-state index in [1.807, 2.05) is 0 Å². The van der Waals surface area contributed by atoms with Crippen molar-refractivity contribution in [2.45, 2.75) is 6.92 Å². The van der Waals surface area contributed by atoms with Gasteiger partial charge in [-0.3, -0.25) is 9.59 Å². The lowest BCUT2D eigenvalue weighted by molar-refractivity contribution is -0.134. The zero-order valence-corrected chi connectivity index (χ0v) is 8.78. The summed E-state index contributed by atoms with van der Waals surface area (Å²) in [6, 6.07) is 3.39. The van der Waals surface area contributed by atoms with E-state index in [2.05, 4.69) is 0 Å². The Bertz CT molecular complexity index is 348. The minimum Gasteiger partial charge on any atom is -0.300 e. The van der Waals surface area contributed by atoms with E-state index in [-0.39, 0.29) is 0 Å². The van der Waals surface area contributed by atoms with Crippen molar-refractivity contribution in [1.29, 1.82) is 0 Å². The zero-order chi connectivity index (χ0) is 10.0. The van der Waals surface area contributed by atoms with Gasteiger partial charge in [-0.2, -0.15) is 0 Å². The van der Waals surface area contributed by atoms with Crippen LogP contribution in [0.4, 0.5) is 5.00 Å². The van der Waals surface area contributed by atoms with Crippen LogP contribution in [0.5, 0.6) is 0 Å². The van der Waals surface area contributed by atoms with Crippen LogP contribution in [0.2, 0.25) is 4.34 Å². The first-order valence-electron chi connectivity index (χ1n) is 3.56. The Labute approximate surface area is 84.9 Å². The summed E-state index contributed by atoms with van der Waals surface area (Å²) in [5.41, 5.74) is 0. The molecular formula is C8H8ClNO2S. The molecule has 0 radical (unpaired) electrons. The van der Waals surface area contributed by atoms with Gasteiger partial charge in [0.2, 0.25) is 5.78 Å². The molecule has 0 fully saturated rings. The van der Waals surface area contributed by atoms with Crippen LogP contribution in [-0.4, -0.2) is 18.7 Å². The lowest BCUT2D eigenvalue weighted by Crippen LogP contribution is -2.30. The smallest absolute Gasteiger partial charge is 0.294 e. The Morgan fingerprint density at radius 1 is 1.46 bits per heavy atom. The van der Waals surface area contributed by atoms with Crippen molar-refractivity contribution in [3.8, 4) is 0 Å². The van der Waals surface area contributed by atoms with Crippen molar-refractivity contribution in [3.63, 3.8) is 0 Å². The van der Waals surface area contributed by atoms with E-state index in [4.69, 9.17) is 11.6 Å². The topological polar surface area (TPSA) is 37.4 Å². The van der Waals surface area contributed by atoms with E-state index in [0.717, 1.165) is 0 Å². The first-order valence-corrected chi connectivity index (χ1v) is 4.76. The standard InChI is InChI=1S/C8H8ClNO2S/c1-5(11)8(12)10(2)7-4-3-6(9)13-7/h3-4H,1-2H3. The van der Waals surface area contributed by atoms with Gasteiger partial charge in [0.25, 0.3) is 5.91 Å². The van der Waals surface area contributed by atoms with Crippen molar-refractivity contribution < 1.29 is 9.59 Å². The predicted octanol–water partition coefficient (Wildman–Crippen LogP) is 1.95. The number of Topliss-reactive ketones (excluding diaryl/α,β-unsaturated/α-hetero) is 1. The Balaban J connectivity index is 2.85. The maximum Gasteiger partial charge on any atom is 0.294 e. The fraction of sp³-hybridized carbons (Fsp3) is 0.250. The molecule has 0 N–H and O–H groups in total. The highest BCUT2D eigenvalue weighted by atomic mass is 35.5. The maximum atomic E-state index is 11.2. The van der Waals surface area contributed by atoms with Gasteiger partial charge in [-0.1, -0.05) is 11.6 Å². The summed E-state index contributed by atoms with van der Waals surface area (Å²) in [6.07, 6.45) is 0. The number of carbonyl (C=O) groups is 2. The molecule has 0 aliphatic carbocycles. The number of rotatable bonds is 2. The molecule has 1 amide bonds. The summed E-state index contributed by atoms with van der Waals surface area (Å²) < 4.78 is 0.596. The Kier molecular flexibility index (Phi) is 3.06. The third-order valence-electron chi connectivity index (χ3n) is 1.50. The molecule has 0 bridgehead atoms. The molecule has 0 atom stereocenters. The number of hydrogen-bond acceptors (Lipinski definition) is 3. The lowest BCUT2D eigenvalue weighted by Gasteiger charge is -2.11. The summed E-state index contributed by atoms with van der Waals surface area (Å²) in [4.78, 5) is 23.2. The molecule has 0 aliphatic heterocycles. The molecule has 1 rings (SSSR count). The van der Waals surface area contributed by atoms with Crippen molar-refractivity contribution in [3.05, 3.63) is 16.5 Å². The molecule has 13 heavy (non-hydrogen) atoms. The number of anilines is 1. The van der Waals surface area contributed by atoms with Gasteiger partial charge in [0, 0.05) is 14.0 Å².